The van der Waals surface area contributed by atoms with Crippen molar-refractivity contribution < 1.29 is 4.79 Å². The Bertz CT molecular complexity index is 405. The van der Waals surface area contributed by atoms with Crippen molar-refractivity contribution in [1.82, 2.24) is 4.90 Å². The lowest BCUT2D eigenvalue weighted by atomic mass is 10.1. The Morgan fingerprint density at radius 2 is 1.12 bits per heavy atom. The maximum Gasteiger partial charge on any atom is 0.222 e. The number of amides is 1. The number of aryl methyl sites for hydroxylation is 2. The monoisotopic (exact) mass is 361 g/mol. The van der Waals surface area contributed by atoms with E-state index in [4.69, 9.17) is 0 Å². The van der Waals surface area contributed by atoms with Gasteiger partial charge in [-0.3, -0.25) is 4.79 Å². The number of carbonyl (C=O) groups excluding carboxylic acids is 1. The van der Waals surface area contributed by atoms with Gasteiger partial charge in [-0.05, 0) is 33.1 Å². The molecule has 0 heterocycles. The Labute approximate surface area is 163 Å². The van der Waals surface area contributed by atoms with E-state index >= 15 is 0 Å². The second-order valence-electron chi connectivity index (χ2n) is 7.41. The van der Waals surface area contributed by atoms with Crippen LogP contribution in [-0.4, -0.2) is 23.9 Å². The maximum absolute atomic E-state index is 12.0. The van der Waals surface area contributed by atoms with Crippen molar-refractivity contribution in [3.05, 3.63) is 35.4 Å². The fourth-order valence-corrected chi connectivity index (χ4v) is 2.83. The van der Waals surface area contributed by atoms with Crippen LogP contribution < -0.4 is 0 Å². The fraction of sp³-hybridized carbons (Fsp3) is 0.708. The first-order valence-corrected chi connectivity index (χ1v) is 10.9. The molecule has 0 radical (unpaired) electrons. The van der Waals surface area contributed by atoms with Gasteiger partial charge in [-0.2, -0.15) is 0 Å². The van der Waals surface area contributed by atoms with Crippen molar-refractivity contribution in [3.8, 4) is 0 Å². The number of hydrogen-bond donors (Lipinski definition) is 0. The van der Waals surface area contributed by atoms with Crippen molar-refractivity contribution in [2.45, 2.75) is 98.8 Å². The number of hydrogen-bond acceptors (Lipinski definition) is 1. The molecule has 1 rings (SSSR count). The first kappa shape index (κ1) is 24.7. The van der Waals surface area contributed by atoms with E-state index < -0.39 is 0 Å². The van der Waals surface area contributed by atoms with Gasteiger partial charge in [-0.1, -0.05) is 94.7 Å². The normalized spacial score (nSPS) is 10.2. The van der Waals surface area contributed by atoms with Gasteiger partial charge in [-0.15, -0.1) is 0 Å². The van der Waals surface area contributed by atoms with Crippen LogP contribution in [0.3, 0.4) is 0 Å². The summed E-state index contributed by atoms with van der Waals surface area (Å²) in [6, 6.07) is 8.48. The summed E-state index contributed by atoms with van der Waals surface area (Å²) in [4.78, 5) is 14.1. The Balaban J connectivity index is 0.000000642. The van der Waals surface area contributed by atoms with E-state index in [0.29, 0.717) is 5.91 Å². The molecule has 2 heteroatoms. The van der Waals surface area contributed by atoms with E-state index in [1.54, 1.807) is 0 Å². The molecule has 0 aliphatic heterocycles. The highest BCUT2D eigenvalue weighted by atomic mass is 16.2. The first-order valence-electron chi connectivity index (χ1n) is 10.9. The summed E-state index contributed by atoms with van der Waals surface area (Å²) in [6.45, 7) is 12.7. The quantitative estimate of drug-likeness (QED) is 0.364. The van der Waals surface area contributed by atoms with Crippen molar-refractivity contribution in [2.75, 3.05) is 13.1 Å². The van der Waals surface area contributed by atoms with Gasteiger partial charge >= 0.3 is 0 Å². The van der Waals surface area contributed by atoms with Gasteiger partial charge < -0.3 is 4.90 Å². The molecule has 1 aromatic carbocycles. The average Bonchev–Trinajstić information content (AvgIpc) is 2.63. The van der Waals surface area contributed by atoms with Gasteiger partial charge in [0.15, 0.2) is 0 Å². The summed E-state index contributed by atoms with van der Waals surface area (Å²) in [6.07, 6.45) is 11.7. The number of nitrogens with zero attached hydrogens (tertiary/aromatic N) is 1. The van der Waals surface area contributed by atoms with E-state index in [1.807, 2.05) is 0 Å². The fourth-order valence-electron chi connectivity index (χ4n) is 2.83. The molecule has 0 atom stereocenters. The zero-order valence-corrected chi connectivity index (χ0v) is 18.2. The van der Waals surface area contributed by atoms with Crippen LogP contribution in [0.25, 0.3) is 0 Å². The molecule has 1 aromatic rings. The largest absolute Gasteiger partial charge is 0.343 e. The molecule has 0 fully saturated rings. The van der Waals surface area contributed by atoms with Gasteiger partial charge in [-0.25, -0.2) is 0 Å². The molecule has 2 nitrogen and oxygen atoms in total. The van der Waals surface area contributed by atoms with Crippen LogP contribution in [0.4, 0.5) is 0 Å². The van der Waals surface area contributed by atoms with Crippen LogP contribution in [0, 0.1) is 13.8 Å². The number of unbranched alkanes of at least 4 members (excludes halogenated alkanes) is 6. The lowest BCUT2D eigenvalue weighted by molar-refractivity contribution is -0.131. The second kappa shape index (κ2) is 17.1. The third kappa shape index (κ3) is 13.9. The smallest absolute Gasteiger partial charge is 0.222 e. The minimum atomic E-state index is 0.366. The summed E-state index contributed by atoms with van der Waals surface area (Å²) >= 11 is 0. The van der Waals surface area contributed by atoms with Crippen molar-refractivity contribution in [2.24, 2.45) is 0 Å². The molecule has 1 amide bonds. The van der Waals surface area contributed by atoms with Gasteiger partial charge in [0, 0.05) is 19.5 Å². The van der Waals surface area contributed by atoms with Crippen molar-refractivity contribution >= 4 is 5.91 Å². The van der Waals surface area contributed by atoms with Gasteiger partial charge in [0.1, 0.15) is 0 Å². The highest BCUT2D eigenvalue weighted by molar-refractivity contribution is 5.76. The topological polar surface area (TPSA) is 20.3 Å². The summed E-state index contributed by atoms with van der Waals surface area (Å²) in [5, 5.41) is 0. The van der Waals surface area contributed by atoms with Crippen LogP contribution in [-0.2, 0) is 4.79 Å². The lowest BCUT2D eigenvalue weighted by Crippen LogP contribution is -2.32. The molecule has 26 heavy (non-hydrogen) atoms. The molecular weight excluding hydrogens is 318 g/mol. The van der Waals surface area contributed by atoms with Gasteiger partial charge in [0.05, 0.1) is 0 Å². The van der Waals surface area contributed by atoms with Crippen LogP contribution in [0.2, 0.25) is 0 Å². The predicted molar refractivity (Wildman–Crippen MR) is 116 cm³/mol. The van der Waals surface area contributed by atoms with Crippen LogP contribution in [0.1, 0.15) is 96.1 Å². The standard InChI is InChI=1S/C16H33NO.C8H10/c1-4-7-9-11-14-17(16(18)13-6-3)15-12-10-8-5-2;1-7-3-5-8(2)6-4-7/h4-15H2,1-3H3;3-6H,1-2H3. The zero-order chi connectivity index (χ0) is 19.6. The third-order valence-corrected chi connectivity index (χ3v) is 4.60. The maximum atomic E-state index is 12.0. The van der Waals surface area contributed by atoms with Crippen LogP contribution in [0.15, 0.2) is 24.3 Å². The molecule has 0 N–H and O–H groups in total. The second-order valence-corrected chi connectivity index (χ2v) is 7.41. The van der Waals surface area contributed by atoms with E-state index in [9.17, 15) is 4.79 Å². The summed E-state index contributed by atoms with van der Waals surface area (Å²) in [5.74, 6) is 0.366. The molecule has 0 saturated heterocycles. The molecule has 0 aliphatic rings. The minimum absolute atomic E-state index is 0.366. The van der Waals surface area contributed by atoms with Crippen LogP contribution in [0.5, 0.6) is 0 Å². The molecule has 0 spiro atoms. The number of benzene rings is 1. The lowest BCUT2D eigenvalue weighted by Gasteiger charge is -2.22. The van der Waals surface area contributed by atoms with Gasteiger partial charge in [0.2, 0.25) is 5.91 Å². The highest BCUT2D eigenvalue weighted by Crippen LogP contribution is 2.07. The Hall–Kier alpha value is -1.31. The van der Waals surface area contributed by atoms with E-state index in [2.05, 4.69) is 63.8 Å². The Kier molecular flexibility index (Phi) is 16.3. The van der Waals surface area contributed by atoms with E-state index in [1.165, 1.54) is 62.5 Å². The molecule has 0 bridgehead atoms. The van der Waals surface area contributed by atoms with E-state index in [-0.39, 0.29) is 0 Å². The Morgan fingerprint density at radius 1 is 0.692 bits per heavy atom. The first-order chi connectivity index (χ1) is 12.5. The van der Waals surface area contributed by atoms with Crippen LogP contribution >= 0.6 is 0 Å². The highest BCUT2D eigenvalue weighted by Gasteiger charge is 2.11. The molecule has 0 saturated carbocycles. The van der Waals surface area contributed by atoms with Crippen molar-refractivity contribution in [3.63, 3.8) is 0 Å². The Morgan fingerprint density at radius 3 is 1.46 bits per heavy atom. The van der Waals surface area contributed by atoms with E-state index in [0.717, 1.165) is 25.9 Å². The molecule has 0 aromatic heterocycles. The molecular formula is C24H43NO. The molecule has 0 aliphatic carbocycles. The SMILES string of the molecule is CCCCCCN(CCCCCC)C(=O)CCC.Cc1ccc(C)cc1. The van der Waals surface area contributed by atoms with Gasteiger partial charge in [0.25, 0.3) is 0 Å². The average molecular weight is 362 g/mol. The number of carbonyl (C=O) groups is 1. The number of rotatable bonds is 12. The summed E-state index contributed by atoms with van der Waals surface area (Å²) in [7, 11) is 0. The molecule has 0 unspecified atom stereocenters. The minimum Gasteiger partial charge on any atom is -0.343 e. The third-order valence-electron chi connectivity index (χ3n) is 4.60. The summed E-state index contributed by atoms with van der Waals surface area (Å²) < 4.78 is 0. The molecule has 150 valence electrons. The predicted octanol–water partition coefficient (Wildman–Crippen LogP) is 7.08. The van der Waals surface area contributed by atoms with Crippen molar-refractivity contribution in [1.29, 1.82) is 0 Å². The summed E-state index contributed by atoms with van der Waals surface area (Å²) in [5.41, 5.74) is 2.66. The zero-order valence-electron chi connectivity index (χ0n) is 18.2.